The normalized spacial score (nSPS) is 37.3. The van der Waals surface area contributed by atoms with Crippen molar-refractivity contribution in [2.45, 2.75) is 84.5 Å². The maximum absolute atomic E-state index is 4.26. The first-order valence-electron chi connectivity index (χ1n) is 11.0. The third-order valence-corrected chi connectivity index (χ3v) is 7.88. The smallest absolute Gasteiger partial charge is 0.000996 e. The number of fused-ring (bicyclic) bond motifs is 1. The highest BCUT2D eigenvalue weighted by atomic mass is 15.1. The standard InChI is InChI=1S/C24H41N/c1-5-24(12-6-7-19(2)10-13-24)14-11-20(3)8-9-21-15-22-17-25(4)18-23(22)16-21/h8,21-23H,2,5-7,9-18H2,1,3-4H3/b20-8-. The fourth-order valence-corrected chi connectivity index (χ4v) is 5.97. The first-order valence-corrected chi connectivity index (χ1v) is 11.0. The highest BCUT2D eigenvalue weighted by Crippen LogP contribution is 2.44. The zero-order chi connectivity index (χ0) is 17.9. The van der Waals surface area contributed by atoms with Crippen molar-refractivity contribution in [2.24, 2.45) is 23.2 Å². The minimum atomic E-state index is 0.601. The van der Waals surface area contributed by atoms with Gasteiger partial charge in [0.2, 0.25) is 0 Å². The molecule has 0 N–H and O–H groups in total. The van der Waals surface area contributed by atoms with Crippen molar-refractivity contribution in [1.82, 2.24) is 4.90 Å². The molecule has 1 heteroatoms. The molecule has 3 atom stereocenters. The molecule has 0 aromatic rings. The molecule has 2 aliphatic carbocycles. The van der Waals surface area contributed by atoms with Crippen LogP contribution in [0.15, 0.2) is 23.8 Å². The van der Waals surface area contributed by atoms with Crippen LogP contribution in [-0.4, -0.2) is 25.0 Å². The first kappa shape index (κ1) is 19.2. The van der Waals surface area contributed by atoms with Crippen molar-refractivity contribution in [2.75, 3.05) is 20.1 Å². The summed E-state index contributed by atoms with van der Waals surface area (Å²) in [6.07, 6.45) is 17.7. The monoisotopic (exact) mass is 343 g/mol. The lowest BCUT2D eigenvalue weighted by atomic mass is 9.73. The van der Waals surface area contributed by atoms with Crippen LogP contribution in [0.5, 0.6) is 0 Å². The minimum absolute atomic E-state index is 0.601. The Hall–Kier alpha value is -0.560. The fraction of sp³-hybridized carbons (Fsp3) is 0.833. The molecule has 3 fully saturated rings. The van der Waals surface area contributed by atoms with Gasteiger partial charge in [-0.25, -0.2) is 0 Å². The summed E-state index contributed by atoms with van der Waals surface area (Å²) in [4.78, 5) is 2.54. The summed E-state index contributed by atoms with van der Waals surface area (Å²) in [5.41, 5.74) is 3.76. The molecule has 2 saturated carbocycles. The highest BCUT2D eigenvalue weighted by Gasteiger charge is 2.39. The molecule has 1 aliphatic heterocycles. The predicted molar refractivity (Wildman–Crippen MR) is 110 cm³/mol. The van der Waals surface area contributed by atoms with Gasteiger partial charge in [-0.05, 0) is 101 Å². The number of allylic oxidation sites excluding steroid dienone is 3. The molecule has 0 bridgehead atoms. The number of nitrogens with zero attached hydrogens (tertiary/aromatic N) is 1. The number of hydrogen-bond donors (Lipinski definition) is 0. The zero-order valence-electron chi connectivity index (χ0n) is 17.2. The van der Waals surface area contributed by atoms with Gasteiger partial charge >= 0.3 is 0 Å². The summed E-state index contributed by atoms with van der Waals surface area (Å²) in [5.74, 6) is 2.98. The zero-order valence-corrected chi connectivity index (χ0v) is 17.2. The van der Waals surface area contributed by atoms with Crippen molar-refractivity contribution >= 4 is 0 Å². The van der Waals surface area contributed by atoms with Crippen LogP contribution in [0.25, 0.3) is 0 Å². The van der Waals surface area contributed by atoms with E-state index in [-0.39, 0.29) is 0 Å². The van der Waals surface area contributed by atoms with Gasteiger partial charge in [0.15, 0.2) is 0 Å². The van der Waals surface area contributed by atoms with Crippen LogP contribution in [0, 0.1) is 23.2 Å². The molecule has 0 aromatic carbocycles. The topological polar surface area (TPSA) is 3.24 Å². The molecule has 0 aromatic heterocycles. The maximum atomic E-state index is 4.26. The van der Waals surface area contributed by atoms with E-state index < -0.39 is 0 Å². The van der Waals surface area contributed by atoms with Crippen molar-refractivity contribution < 1.29 is 0 Å². The molecule has 0 radical (unpaired) electrons. The van der Waals surface area contributed by atoms with Crippen LogP contribution in [0.3, 0.4) is 0 Å². The maximum Gasteiger partial charge on any atom is 0.000996 e. The van der Waals surface area contributed by atoms with Crippen LogP contribution in [-0.2, 0) is 0 Å². The predicted octanol–water partition coefficient (Wildman–Crippen LogP) is 6.61. The van der Waals surface area contributed by atoms with Gasteiger partial charge in [0.1, 0.15) is 0 Å². The Morgan fingerprint density at radius 1 is 1.20 bits per heavy atom. The van der Waals surface area contributed by atoms with E-state index in [2.05, 4.69) is 38.5 Å². The summed E-state index contributed by atoms with van der Waals surface area (Å²) in [5, 5.41) is 0. The van der Waals surface area contributed by atoms with Crippen molar-refractivity contribution in [1.29, 1.82) is 0 Å². The second kappa shape index (κ2) is 8.42. The second-order valence-corrected chi connectivity index (χ2v) is 9.82. The Bertz CT molecular complexity index is 476. The first-order chi connectivity index (χ1) is 12.0. The molecule has 1 saturated heterocycles. The van der Waals surface area contributed by atoms with Gasteiger partial charge in [-0.1, -0.05) is 37.1 Å². The van der Waals surface area contributed by atoms with E-state index in [9.17, 15) is 0 Å². The van der Waals surface area contributed by atoms with E-state index in [1.165, 1.54) is 89.3 Å². The summed E-state index contributed by atoms with van der Waals surface area (Å²) in [6.45, 7) is 11.8. The lowest BCUT2D eigenvalue weighted by molar-refractivity contribution is 0.214. The van der Waals surface area contributed by atoms with Gasteiger partial charge in [0.25, 0.3) is 0 Å². The van der Waals surface area contributed by atoms with E-state index in [1.807, 2.05) is 0 Å². The van der Waals surface area contributed by atoms with Crippen LogP contribution in [0.4, 0.5) is 0 Å². The molecule has 1 heterocycles. The Morgan fingerprint density at radius 2 is 1.92 bits per heavy atom. The van der Waals surface area contributed by atoms with Crippen molar-refractivity contribution in [3.8, 4) is 0 Å². The van der Waals surface area contributed by atoms with Crippen LogP contribution in [0.2, 0.25) is 0 Å². The molecule has 0 spiro atoms. The molecule has 3 unspecified atom stereocenters. The van der Waals surface area contributed by atoms with E-state index in [4.69, 9.17) is 0 Å². The molecule has 0 amide bonds. The molecule has 142 valence electrons. The average molecular weight is 344 g/mol. The Kier molecular flexibility index (Phi) is 6.47. The highest BCUT2D eigenvalue weighted by molar-refractivity contribution is 5.04. The summed E-state index contributed by atoms with van der Waals surface area (Å²) in [6, 6.07) is 0. The van der Waals surface area contributed by atoms with E-state index in [0.29, 0.717) is 5.41 Å². The number of likely N-dealkylation sites (tertiary alicyclic amines) is 1. The minimum Gasteiger partial charge on any atom is -0.306 e. The third-order valence-electron chi connectivity index (χ3n) is 7.88. The average Bonchev–Trinajstić information content (AvgIpc) is 3.04. The summed E-state index contributed by atoms with van der Waals surface area (Å²) >= 11 is 0. The van der Waals surface area contributed by atoms with Crippen LogP contribution < -0.4 is 0 Å². The summed E-state index contributed by atoms with van der Waals surface area (Å²) < 4.78 is 0. The third kappa shape index (κ3) is 5.00. The van der Waals surface area contributed by atoms with Crippen molar-refractivity contribution in [3.63, 3.8) is 0 Å². The number of hydrogen-bond acceptors (Lipinski definition) is 1. The molecule has 25 heavy (non-hydrogen) atoms. The van der Waals surface area contributed by atoms with E-state index >= 15 is 0 Å². The lowest BCUT2D eigenvalue weighted by Crippen LogP contribution is -2.19. The van der Waals surface area contributed by atoms with Crippen LogP contribution in [0.1, 0.15) is 84.5 Å². The SMILES string of the molecule is C=C1CCCC(CC)(CC/C(C)=C\CC2CC3CN(C)CC3C2)CC1. The molecule has 1 nitrogen and oxygen atoms in total. The van der Waals surface area contributed by atoms with Gasteiger partial charge in [-0.3, -0.25) is 0 Å². The van der Waals surface area contributed by atoms with Crippen LogP contribution >= 0.6 is 0 Å². The lowest BCUT2D eigenvalue weighted by Gasteiger charge is -2.32. The Morgan fingerprint density at radius 3 is 2.60 bits per heavy atom. The van der Waals surface area contributed by atoms with Gasteiger partial charge in [-0.15, -0.1) is 0 Å². The molecular weight excluding hydrogens is 302 g/mol. The van der Waals surface area contributed by atoms with E-state index in [1.54, 1.807) is 5.57 Å². The molecular formula is C24H41N. The second-order valence-electron chi connectivity index (χ2n) is 9.82. The summed E-state index contributed by atoms with van der Waals surface area (Å²) in [7, 11) is 2.30. The fourth-order valence-electron chi connectivity index (χ4n) is 5.97. The quantitative estimate of drug-likeness (QED) is 0.387. The molecule has 3 rings (SSSR count). The van der Waals surface area contributed by atoms with Crippen molar-refractivity contribution in [3.05, 3.63) is 23.8 Å². The Labute approximate surface area is 156 Å². The Balaban J connectivity index is 1.44. The molecule has 3 aliphatic rings. The van der Waals surface area contributed by atoms with E-state index in [0.717, 1.165) is 17.8 Å². The van der Waals surface area contributed by atoms with Gasteiger partial charge in [0, 0.05) is 13.1 Å². The number of rotatable bonds is 6. The largest absolute Gasteiger partial charge is 0.306 e. The van der Waals surface area contributed by atoms with Gasteiger partial charge < -0.3 is 4.90 Å². The van der Waals surface area contributed by atoms with Gasteiger partial charge in [0.05, 0.1) is 0 Å². The van der Waals surface area contributed by atoms with Gasteiger partial charge in [-0.2, -0.15) is 0 Å².